The van der Waals surface area contributed by atoms with Crippen molar-refractivity contribution in [1.29, 1.82) is 0 Å². The number of thioether (sulfide) groups is 1. The molecule has 0 aliphatic rings. The molecule has 0 bridgehead atoms. The maximum atomic E-state index is 13.2. The second kappa shape index (κ2) is 8.50. The summed E-state index contributed by atoms with van der Waals surface area (Å²) in [5.74, 6) is 0.776. The number of carbonyl (C=O) groups excluding carboxylic acids is 1. The molecule has 7 nitrogen and oxygen atoms in total. The number of nitrogens with zero attached hydrogens (tertiary/aromatic N) is 4. The molecule has 0 saturated heterocycles. The molecular weight excluding hydrogens is 405 g/mol. The van der Waals surface area contributed by atoms with Crippen molar-refractivity contribution in [1.82, 2.24) is 19.8 Å². The summed E-state index contributed by atoms with van der Waals surface area (Å²) >= 11 is 1.29. The number of rotatable bonds is 6. The van der Waals surface area contributed by atoms with E-state index < -0.39 is 0 Å². The lowest BCUT2D eigenvalue weighted by atomic mass is 10.2. The zero-order valence-corrected chi connectivity index (χ0v) is 17.1. The zero-order valence-electron chi connectivity index (χ0n) is 16.3. The second-order valence-electron chi connectivity index (χ2n) is 6.51. The zero-order chi connectivity index (χ0) is 21.1. The summed E-state index contributed by atoms with van der Waals surface area (Å²) in [5, 5.41) is 16.3. The fourth-order valence-corrected chi connectivity index (χ4v) is 3.53. The fourth-order valence-electron chi connectivity index (χ4n) is 2.87. The Hall–Kier alpha value is -3.46. The first kappa shape index (κ1) is 19.8. The number of nitrogens with one attached hydrogen (secondary N) is 1. The standard InChI is InChI=1S/C21H18FN5O2S/c1-13-3-8-17(29-2)16(11-13)23-19(28)12-30-20-10-9-18-24-25-21(27(18)26-20)14-4-6-15(22)7-5-14/h3-11H,12H2,1-2H3,(H,23,28). The molecule has 152 valence electrons. The van der Waals surface area contributed by atoms with Crippen LogP contribution in [-0.2, 0) is 4.79 Å². The number of hydrogen-bond acceptors (Lipinski definition) is 6. The van der Waals surface area contributed by atoms with E-state index in [1.54, 1.807) is 35.9 Å². The Bertz CT molecular complexity index is 1210. The van der Waals surface area contributed by atoms with E-state index in [1.807, 2.05) is 25.1 Å². The van der Waals surface area contributed by atoms with Crippen molar-refractivity contribution in [3.63, 3.8) is 0 Å². The third-order valence-electron chi connectivity index (χ3n) is 4.32. The number of fused-ring (bicyclic) bond motifs is 1. The van der Waals surface area contributed by atoms with Crippen molar-refractivity contribution in [2.24, 2.45) is 0 Å². The van der Waals surface area contributed by atoms with Gasteiger partial charge in [0.05, 0.1) is 18.6 Å². The van der Waals surface area contributed by atoms with Crippen molar-refractivity contribution in [2.75, 3.05) is 18.2 Å². The SMILES string of the molecule is COc1ccc(C)cc1NC(=O)CSc1ccc2nnc(-c3ccc(F)cc3)n2n1. The van der Waals surface area contributed by atoms with Crippen LogP contribution in [0.15, 0.2) is 59.6 Å². The summed E-state index contributed by atoms with van der Waals surface area (Å²) < 4.78 is 20.1. The third kappa shape index (κ3) is 4.25. The summed E-state index contributed by atoms with van der Waals surface area (Å²) in [7, 11) is 1.56. The van der Waals surface area contributed by atoms with Gasteiger partial charge in [-0.2, -0.15) is 9.61 Å². The lowest BCUT2D eigenvalue weighted by Crippen LogP contribution is -2.15. The van der Waals surface area contributed by atoms with Crippen LogP contribution in [0.25, 0.3) is 17.0 Å². The van der Waals surface area contributed by atoms with Crippen LogP contribution in [-0.4, -0.2) is 38.6 Å². The first-order chi connectivity index (χ1) is 14.5. The Labute approximate surface area is 176 Å². The van der Waals surface area contributed by atoms with Crippen molar-refractivity contribution in [3.05, 3.63) is 66.0 Å². The van der Waals surface area contributed by atoms with Gasteiger partial charge in [0.25, 0.3) is 0 Å². The van der Waals surface area contributed by atoms with Crippen molar-refractivity contribution in [3.8, 4) is 17.1 Å². The molecule has 1 N–H and O–H groups in total. The maximum Gasteiger partial charge on any atom is 0.234 e. The Kier molecular flexibility index (Phi) is 5.62. The van der Waals surface area contributed by atoms with Gasteiger partial charge in [0, 0.05) is 5.56 Å². The lowest BCUT2D eigenvalue weighted by Gasteiger charge is -2.10. The predicted molar refractivity (Wildman–Crippen MR) is 113 cm³/mol. The first-order valence-corrected chi connectivity index (χ1v) is 10.1. The molecule has 1 amide bonds. The summed E-state index contributed by atoms with van der Waals surface area (Å²) in [5.41, 5.74) is 2.91. The number of amides is 1. The molecular formula is C21H18FN5O2S. The molecule has 0 atom stereocenters. The molecule has 4 rings (SSSR count). The molecule has 4 aromatic rings. The van der Waals surface area contributed by atoms with E-state index in [0.717, 1.165) is 5.56 Å². The van der Waals surface area contributed by atoms with E-state index in [-0.39, 0.29) is 17.5 Å². The molecule has 2 heterocycles. The average Bonchev–Trinajstić information content (AvgIpc) is 3.16. The summed E-state index contributed by atoms with van der Waals surface area (Å²) in [6, 6.07) is 15.1. The minimum absolute atomic E-state index is 0.170. The molecule has 0 fully saturated rings. The van der Waals surface area contributed by atoms with Crippen LogP contribution in [0.5, 0.6) is 5.75 Å². The van der Waals surface area contributed by atoms with E-state index in [4.69, 9.17) is 4.74 Å². The molecule has 0 aliphatic carbocycles. The predicted octanol–water partition coefficient (Wildman–Crippen LogP) is 3.98. The van der Waals surface area contributed by atoms with Crippen LogP contribution >= 0.6 is 11.8 Å². The highest BCUT2D eigenvalue weighted by Gasteiger charge is 2.12. The van der Waals surface area contributed by atoms with Crippen molar-refractivity contribution in [2.45, 2.75) is 11.9 Å². The fraction of sp³-hybridized carbons (Fsp3) is 0.143. The highest BCUT2D eigenvalue weighted by Crippen LogP contribution is 2.26. The molecule has 0 radical (unpaired) electrons. The van der Waals surface area contributed by atoms with E-state index in [9.17, 15) is 9.18 Å². The molecule has 0 saturated carbocycles. The molecule has 0 spiro atoms. The Morgan fingerprint density at radius 3 is 2.70 bits per heavy atom. The number of ether oxygens (including phenoxy) is 1. The minimum atomic E-state index is -0.326. The Balaban J connectivity index is 1.49. The number of halogens is 1. The van der Waals surface area contributed by atoms with Crippen molar-refractivity contribution < 1.29 is 13.9 Å². The van der Waals surface area contributed by atoms with Gasteiger partial charge in [0.2, 0.25) is 5.91 Å². The average molecular weight is 423 g/mol. The Morgan fingerprint density at radius 1 is 1.13 bits per heavy atom. The van der Waals surface area contributed by atoms with Crippen LogP contribution in [0.1, 0.15) is 5.56 Å². The number of aryl methyl sites for hydroxylation is 1. The highest BCUT2D eigenvalue weighted by molar-refractivity contribution is 7.99. The van der Waals surface area contributed by atoms with Crippen LogP contribution < -0.4 is 10.1 Å². The van der Waals surface area contributed by atoms with Gasteiger partial charge in [-0.25, -0.2) is 4.39 Å². The van der Waals surface area contributed by atoms with Crippen LogP contribution in [0.4, 0.5) is 10.1 Å². The van der Waals surface area contributed by atoms with Gasteiger partial charge in [0.1, 0.15) is 16.6 Å². The molecule has 9 heteroatoms. The summed E-state index contributed by atoms with van der Waals surface area (Å²) in [4.78, 5) is 12.4. The first-order valence-electron chi connectivity index (χ1n) is 9.09. The largest absolute Gasteiger partial charge is 0.495 e. The van der Waals surface area contributed by atoms with E-state index in [1.165, 1.54) is 23.9 Å². The number of methoxy groups -OCH3 is 1. The minimum Gasteiger partial charge on any atom is -0.495 e. The van der Waals surface area contributed by atoms with Gasteiger partial charge in [-0.15, -0.1) is 10.2 Å². The number of carbonyl (C=O) groups is 1. The number of anilines is 1. The topological polar surface area (TPSA) is 81.4 Å². The van der Waals surface area contributed by atoms with Gasteiger partial charge in [-0.1, -0.05) is 17.8 Å². The van der Waals surface area contributed by atoms with Crippen LogP contribution in [0.2, 0.25) is 0 Å². The number of hydrogen-bond donors (Lipinski definition) is 1. The van der Waals surface area contributed by atoms with Gasteiger partial charge in [-0.05, 0) is 61.0 Å². The van der Waals surface area contributed by atoms with Crippen LogP contribution in [0, 0.1) is 12.7 Å². The molecule has 0 aliphatic heterocycles. The third-order valence-corrected chi connectivity index (χ3v) is 5.24. The summed E-state index contributed by atoms with van der Waals surface area (Å²) in [6.45, 7) is 1.95. The van der Waals surface area contributed by atoms with E-state index in [2.05, 4.69) is 20.6 Å². The monoisotopic (exact) mass is 423 g/mol. The maximum absolute atomic E-state index is 13.2. The smallest absolute Gasteiger partial charge is 0.234 e. The summed E-state index contributed by atoms with van der Waals surface area (Å²) in [6.07, 6.45) is 0. The van der Waals surface area contributed by atoms with Crippen LogP contribution in [0.3, 0.4) is 0 Å². The van der Waals surface area contributed by atoms with Gasteiger partial charge < -0.3 is 10.1 Å². The molecule has 2 aromatic carbocycles. The second-order valence-corrected chi connectivity index (χ2v) is 7.51. The number of aromatic nitrogens is 4. The van der Waals surface area contributed by atoms with Gasteiger partial charge in [-0.3, -0.25) is 4.79 Å². The van der Waals surface area contributed by atoms with E-state index >= 15 is 0 Å². The molecule has 2 aromatic heterocycles. The highest BCUT2D eigenvalue weighted by atomic mass is 32.2. The van der Waals surface area contributed by atoms with Crippen molar-refractivity contribution >= 4 is 29.0 Å². The van der Waals surface area contributed by atoms with Gasteiger partial charge in [0.15, 0.2) is 11.5 Å². The number of benzene rings is 2. The normalized spacial score (nSPS) is 10.9. The molecule has 0 unspecified atom stereocenters. The quantitative estimate of drug-likeness (QED) is 0.473. The van der Waals surface area contributed by atoms with E-state index in [0.29, 0.717) is 33.5 Å². The molecule has 30 heavy (non-hydrogen) atoms. The lowest BCUT2D eigenvalue weighted by molar-refractivity contribution is -0.113. The Morgan fingerprint density at radius 2 is 1.93 bits per heavy atom. The van der Waals surface area contributed by atoms with Gasteiger partial charge >= 0.3 is 0 Å².